The van der Waals surface area contributed by atoms with Crippen LogP contribution in [0, 0.1) is 11.7 Å². The lowest BCUT2D eigenvalue weighted by atomic mass is 9.96. The minimum Gasteiger partial charge on any atom is -0.337 e. The zero-order valence-corrected chi connectivity index (χ0v) is 18.7. The maximum atomic E-state index is 13.6. The van der Waals surface area contributed by atoms with Gasteiger partial charge in [-0.15, -0.1) is 0 Å². The fraction of sp³-hybridized carbons (Fsp3) is 0.522. The zero-order chi connectivity index (χ0) is 22.3. The van der Waals surface area contributed by atoms with Crippen LogP contribution < -0.4 is 4.90 Å². The number of sulfone groups is 1. The zero-order valence-electron chi connectivity index (χ0n) is 17.9. The number of carbonyl (C=O) groups excluding carboxylic acids is 1. The fourth-order valence-corrected chi connectivity index (χ4v) is 6.18. The van der Waals surface area contributed by atoms with Crippen molar-refractivity contribution in [1.82, 2.24) is 14.9 Å². The van der Waals surface area contributed by atoms with Crippen molar-refractivity contribution in [3.05, 3.63) is 53.6 Å². The molecule has 1 atom stereocenters. The second kappa shape index (κ2) is 8.42. The van der Waals surface area contributed by atoms with Gasteiger partial charge in [0.05, 0.1) is 17.5 Å². The molecule has 0 spiro atoms. The van der Waals surface area contributed by atoms with Crippen LogP contribution in [0.1, 0.15) is 48.8 Å². The number of aromatic nitrogens is 2. The normalized spacial score (nSPS) is 23.8. The topological polar surface area (TPSA) is 83.5 Å². The third kappa shape index (κ3) is 4.48. The molecule has 3 heterocycles. The molecule has 32 heavy (non-hydrogen) atoms. The van der Waals surface area contributed by atoms with Gasteiger partial charge >= 0.3 is 0 Å². The number of amides is 1. The second-order valence-electron chi connectivity index (χ2n) is 9.06. The van der Waals surface area contributed by atoms with Crippen LogP contribution in [0.4, 0.5) is 10.3 Å². The summed E-state index contributed by atoms with van der Waals surface area (Å²) in [6.07, 6.45) is 6.91. The first-order chi connectivity index (χ1) is 15.4. The molecule has 1 amide bonds. The Hall–Kier alpha value is -2.55. The standard InChI is InChI=1S/C23H27FN4O3S/c24-20-5-3-17(4-6-20)21-15-27(23-25-13-19(14-26-23)16-1-2-16)9-10-28(21)22(29)18-7-11-32(30,31)12-8-18/h3-6,13-14,16,18,21H,1-2,7-12,15H2. The molecule has 3 aliphatic rings. The van der Waals surface area contributed by atoms with Gasteiger partial charge in [0.25, 0.3) is 0 Å². The molecule has 7 nitrogen and oxygen atoms in total. The number of hydrogen-bond donors (Lipinski definition) is 0. The van der Waals surface area contributed by atoms with Crippen molar-refractivity contribution in [1.29, 1.82) is 0 Å². The van der Waals surface area contributed by atoms with Crippen LogP contribution in [0.15, 0.2) is 36.7 Å². The number of benzene rings is 1. The number of rotatable bonds is 4. The quantitative estimate of drug-likeness (QED) is 0.701. The van der Waals surface area contributed by atoms with Gasteiger partial charge in [0.15, 0.2) is 0 Å². The van der Waals surface area contributed by atoms with Crippen molar-refractivity contribution in [2.45, 2.75) is 37.6 Å². The van der Waals surface area contributed by atoms with Crippen LogP contribution in [0.25, 0.3) is 0 Å². The Morgan fingerprint density at radius 2 is 1.59 bits per heavy atom. The Bertz CT molecular complexity index is 1070. The molecular formula is C23H27FN4O3S. The molecule has 1 unspecified atom stereocenters. The maximum Gasteiger partial charge on any atom is 0.226 e. The molecule has 2 aromatic rings. The van der Waals surface area contributed by atoms with Gasteiger partial charge in [0.2, 0.25) is 11.9 Å². The van der Waals surface area contributed by atoms with E-state index in [0.717, 1.165) is 5.56 Å². The van der Waals surface area contributed by atoms with E-state index < -0.39 is 9.84 Å². The molecule has 1 aromatic carbocycles. The lowest BCUT2D eigenvalue weighted by Crippen LogP contribution is -2.53. The van der Waals surface area contributed by atoms with Crippen molar-refractivity contribution >= 4 is 21.7 Å². The van der Waals surface area contributed by atoms with Crippen molar-refractivity contribution in [2.24, 2.45) is 5.92 Å². The fourth-order valence-electron chi connectivity index (χ4n) is 4.69. The minimum atomic E-state index is -3.04. The molecule has 0 bridgehead atoms. The van der Waals surface area contributed by atoms with Crippen molar-refractivity contribution in [3.8, 4) is 0 Å². The van der Waals surface area contributed by atoms with Crippen molar-refractivity contribution in [2.75, 3.05) is 36.0 Å². The van der Waals surface area contributed by atoms with Crippen molar-refractivity contribution in [3.63, 3.8) is 0 Å². The van der Waals surface area contributed by atoms with Crippen LogP contribution in [0.3, 0.4) is 0 Å². The number of anilines is 1. The molecule has 9 heteroatoms. The van der Waals surface area contributed by atoms with E-state index in [4.69, 9.17) is 0 Å². The lowest BCUT2D eigenvalue weighted by molar-refractivity contribution is -0.138. The molecule has 1 saturated carbocycles. The molecule has 1 aliphatic carbocycles. The van der Waals surface area contributed by atoms with Gasteiger partial charge in [-0.05, 0) is 54.9 Å². The maximum absolute atomic E-state index is 13.6. The highest BCUT2D eigenvalue weighted by molar-refractivity contribution is 7.91. The first-order valence-corrected chi connectivity index (χ1v) is 13.0. The Morgan fingerprint density at radius 1 is 0.938 bits per heavy atom. The first kappa shape index (κ1) is 21.3. The van der Waals surface area contributed by atoms with Crippen LogP contribution in [0.2, 0.25) is 0 Å². The molecule has 2 saturated heterocycles. The minimum absolute atomic E-state index is 0.0149. The van der Waals surface area contributed by atoms with Crippen LogP contribution >= 0.6 is 0 Å². The summed E-state index contributed by atoms with van der Waals surface area (Å²) in [5.41, 5.74) is 2.02. The highest BCUT2D eigenvalue weighted by Gasteiger charge is 2.38. The van der Waals surface area contributed by atoms with Gasteiger partial charge in [-0.2, -0.15) is 0 Å². The number of halogens is 1. The highest BCUT2D eigenvalue weighted by atomic mass is 32.2. The number of carbonyl (C=O) groups is 1. The van der Waals surface area contributed by atoms with Crippen molar-refractivity contribution < 1.29 is 17.6 Å². The van der Waals surface area contributed by atoms with Gasteiger partial charge in [-0.25, -0.2) is 22.8 Å². The largest absolute Gasteiger partial charge is 0.337 e. The number of piperazine rings is 1. The van der Waals surface area contributed by atoms with E-state index in [9.17, 15) is 17.6 Å². The van der Waals surface area contributed by atoms with E-state index in [1.807, 2.05) is 17.3 Å². The van der Waals surface area contributed by atoms with Gasteiger partial charge in [0, 0.05) is 37.9 Å². The average molecular weight is 459 g/mol. The summed E-state index contributed by atoms with van der Waals surface area (Å²) in [5.74, 6) is 0.719. The van der Waals surface area contributed by atoms with Crippen LogP contribution in [-0.4, -0.2) is 60.3 Å². The molecule has 3 fully saturated rings. The predicted molar refractivity (Wildman–Crippen MR) is 118 cm³/mol. The van der Waals surface area contributed by atoms with Gasteiger partial charge in [0.1, 0.15) is 15.7 Å². The summed E-state index contributed by atoms with van der Waals surface area (Å²) in [7, 11) is -3.04. The first-order valence-electron chi connectivity index (χ1n) is 11.2. The Morgan fingerprint density at radius 3 is 2.22 bits per heavy atom. The van der Waals surface area contributed by atoms with E-state index in [-0.39, 0.29) is 35.2 Å². The molecule has 2 aliphatic heterocycles. The highest BCUT2D eigenvalue weighted by Crippen LogP contribution is 2.39. The third-order valence-electron chi connectivity index (χ3n) is 6.81. The van der Waals surface area contributed by atoms with E-state index in [0.29, 0.717) is 44.3 Å². The van der Waals surface area contributed by atoms with E-state index in [1.54, 1.807) is 12.1 Å². The SMILES string of the molecule is O=C(C1CCS(=O)(=O)CC1)N1CCN(c2ncc(C3CC3)cn2)CC1c1ccc(F)cc1. The summed E-state index contributed by atoms with van der Waals surface area (Å²) < 4.78 is 37.2. The smallest absolute Gasteiger partial charge is 0.226 e. The summed E-state index contributed by atoms with van der Waals surface area (Å²) in [6, 6.07) is 5.97. The molecule has 0 N–H and O–H groups in total. The number of hydrogen-bond acceptors (Lipinski definition) is 6. The van der Waals surface area contributed by atoms with Crippen LogP contribution in [0.5, 0.6) is 0 Å². The molecule has 0 radical (unpaired) electrons. The third-order valence-corrected chi connectivity index (χ3v) is 8.53. The Labute approximate surface area is 187 Å². The predicted octanol–water partition coefficient (Wildman–Crippen LogP) is 2.71. The average Bonchev–Trinajstić information content (AvgIpc) is 3.65. The monoisotopic (exact) mass is 458 g/mol. The Kier molecular flexibility index (Phi) is 5.61. The van der Waals surface area contributed by atoms with E-state index in [2.05, 4.69) is 14.9 Å². The second-order valence-corrected chi connectivity index (χ2v) is 11.4. The molecule has 1 aromatic heterocycles. The van der Waals surface area contributed by atoms with E-state index in [1.165, 1.54) is 30.5 Å². The summed E-state index contributed by atoms with van der Waals surface area (Å²) in [6.45, 7) is 1.58. The molecular weight excluding hydrogens is 431 g/mol. The molecule has 170 valence electrons. The summed E-state index contributed by atoms with van der Waals surface area (Å²) >= 11 is 0. The lowest BCUT2D eigenvalue weighted by Gasteiger charge is -2.43. The van der Waals surface area contributed by atoms with Gasteiger partial charge in [-0.3, -0.25) is 4.79 Å². The number of nitrogens with zero attached hydrogens (tertiary/aromatic N) is 4. The Balaban J connectivity index is 1.37. The molecule has 5 rings (SSSR count). The van der Waals surface area contributed by atoms with Gasteiger partial charge < -0.3 is 9.80 Å². The van der Waals surface area contributed by atoms with Gasteiger partial charge in [-0.1, -0.05) is 12.1 Å². The van der Waals surface area contributed by atoms with E-state index >= 15 is 0 Å². The van der Waals surface area contributed by atoms with Crippen LogP contribution in [-0.2, 0) is 14.6 Å². The summed E-state index contributed by atoms with van der Waals surface area (Å²) in [4.78, 5) is 26.4. The summed E-state index contributed by atoms with van der Waals surface area (Å²) in [5, 5.41) is 0.